The van der Waals surface area contributed by atoms with E-state index < -0.39 is 23.6 Å². The summed E-state index contributed by atoms with van der Waals surface area (Å²) in [6.45, 7) is 15.8. The highest BCUT2D eigenvalue weighted by Gasteiger charge is 2.72. The number of cyclic esters (lactones) is 1. The molecule has 172 valence electrons. The summed E-state index contributed by atoms with van der Waals surface area (Å²) in [5, 5.41) is 0. The number of ether oxygens (including phenoxy) is 3. The summed E-state index contributed by atoms with van der Waals surface area (Å²) in [7, 11) is 0. The third kappa shape index (κ3) is 3.62. The van der Waals surface area contributed by atoms with Gasteiger partial charge >= 0.3 is 17.9 Å². The molecule has 7 unspecified atom stereocenters. The molecule has 6 heteroatoms. The molecule has 0 bridgehead atoms. The zero-order chi connectivity index (χ0) is 23.1. The Kier molecular flexibility index (Phi) is 6.41. The van der Waals surface area contributed by atoms with Crippen LogP contribution >= 0.6 is 0 Å². The molecule has 2 aliphatic carbocycles. The van der Waals surface area contributed by atoms with Gasteiger partial charge in [0.25, 0.3) is 0 Å². The smallest absolute Gasteiger partial charge is 0.333 e. The van der Waals surface area contributed by atoms with Crippen LogP contribution in [-0.4, -0.2) is 36.7 Å². The summed E-state index contributed by atoms with van der Waals surface area (Å²) in [5.41, 5.74) is -0.344. The standard InChI is InChI=1S/C25H36O6/c1-8-14(3)21(26)30-18-11-10-16(5)24(7)13-25(17(6)12-29-23(25)28)20(19(18)24)31-22(27)15(4)9-2/h9,14,16,18-20H,6,8,10-13H2,1-5,7H3. The number of hydrogen-bond donors (Lipinski definition) is 0. The van der Waals surface area contributed by atoms with E-state index in [1.54, 1.807) is 19.9 Å². The van der Waals surface area contributed by atoms with E-state index in [0.29, 0.717) is 30.4 Å². The summed E-state index contributed by atoms with van der Waals surface area (Å²) in [4.78, 5) is 38.7. The summed E-state index contributed by atoms with van der Waals surface area (Å²) in [6.07, 6.45) is 3.21. The van der Waals surface area contributed by atoms with E-state index in [1.165, 1.54) is 0 Å². The van der Waals surface area contributed by atoms with E-state index in [-0.39, 0.29) is 41.7 Å². The van der Waals surface area contributed by atoms with Gasteiger partial charge < -0.3 is 14.2 Å². The van der Waals surface area contributed by atoms with Crippen LogP contribution in [0.1, 0.15) is 67.2 Å². The van der Waals surface area contributed by atoms with Gasteiger partial charge in [0, 0.05) is 11.5 Å². The molecule has 0 radical (unpaired) electrons. The lowest BCUT2D eigenvalue weighted by atomic mass is 9.61. The second-order valence-corrected chi connectivity index (χ2v) is 9.92. The first-order chi connectivity index (χ1) is 14.5. The molecule has 1 spiro atoms. The van der Waals surface area contributed by atoms with Crippen LogP contribution in [0, 0.1) is 28.6 Å². The zero-order valence-electron chi connectivity index (χ0n) is 19.7. The SMILES string of the molecule is C=C1COC(=O)C12CC1(C)C(C)CCC(OC(=O)C(C)CC)C1C2OC(=O)C(C)=CC. The molecule has 31 heavy (non-hydrogen) atoms. The molecule has 3 rings (SSSR count). The van der Waals surface area contributed by atoms with Crippen molar-refractivity contribution in [1.82, 2.24) is 0 Å². The minimum Gasteiger partial charge on any atom is -0.462 e. The van der Waals surface area contributed by atoms with Gasteiger partial charge in [0.2, 0.25) is 0 Å². The van der Waals surface area contributed by atoms with Crippen LogP contribution in [0.4, 0.5) is 0 Å². The molecular formula is C25H36O6. The lowest BCUT2D eigenvalue weighted by Crippen LogP contribution is -2.50. The van der Waals surface area contributed by atoms with Crippen molar-refractivity contribution in [2.75, 3.05) is 6.61 Å². The highest BCUT2D eigenvalue weighted by molar-refractivity contribution is 5.90. The molecule has 1 heterocycles. The van der Waals surface area contributed by atoms with Gasteiger partial charge in [-0.2, -0.15) is 0 Å². The molecular weight excluding hydrogens is 396 g/mol. The Morgan fingerprint density at radius 1 is 1.32 bits per heavy atom. The second-order valence-electron chi connectivity index (χ2n) is 9.92. The number of rotatable bonds is 5. The third-order valence-electron chi connectivity index (χ3n) is 8.29. The maximum atomic E-state index is 13.1. The van der Waals surface area contributed by atoms with E-state index in [4.69, 9.17) is 14.2 Å². The number of hydrogen-bond acceptors (Lipinski definition) is 6. The first-order valence-corrected chi connectivity index (χ1v) is 11.4. The van der Waals surface area contributed by atoms with Crippen LogP contribution < -0.4 is 0 Å². The van der Waals surface area contributed by atoms with Gasteiger partial charge in [0.1, 0.15) is 24.2 Å². The van der Waals surface area contributed by atoms with Gasteiger partial charge in [-0.1, -0.05) is 40.3 Å². The molecule has 1 aliphatic heterocycles. The van der Waals surface area contributed by atoms with Crippen LogP contribution in [0.2, 0.25) is 0 Å². The van der Waals surface area contributed by atoms with Crippen molar-refractivity contribution in [2.24, 2.45) is 28.6 Å². The first-order valence-electron chi connectivity index (χ1n) is 11.4. The van der Waals surface area contributed by atoms with Crippen LogP contribution in [-0.2, 0) is 28.6 Å². The maximum absolute atomic E-state index is 13.1. The fraction of sp³-hybridized carbons (Fsp3) is 0.720. The molecule has 7 atom stereocenters. The monoisotopic (exact) mass is 432 g/mol. The molecule has 1 saturated heterocycles. The van der Waals surface area contributed by atoms with Gasteiger partial charge in [-0.15, -0.1) is 0 Å². The number of carbonyl (C=O) groups is 3. The van der Waals surface area contributed by atoms with E-state index in [2.05, 4.69) is 20.4 Å². The molecule has 6 nitrogen and oxygen atoms in total. The van der Waals surface area contributed by atoms with E-state index in [0.717, 1.165) is 6.42 Å². The van der Waals surface area contributed by atoms with Gasteiger partial charge in [-0.05, 0) is 56.4 Å². The first kappa shape index (κ1) is 23.6. The van der Waals surface area contributed by atoms with Crippen molar-refractivity contribution in [2.45, 2.75) is 79.4 Å². The lowest BCUT2D eigenvalue weighted by Gasteiger charge is -2.47. The Bertz CT molecular complexity index is 795. The summed E-state index contributed by atoms with van der Waals surface area (Å²) >= 11 is 0. The average Bonchev–Trinajstić information content (AvgIpc) is 3.18. The van der Waals surface area contributed by atoms with Crippen LogP contribution in [0.25, 0.3) is 0 Å². The minimum atomic E-state index is -1.09. The van der Waals surface area contributed by atoms with Gasteiger partial charge in [-0.3, -0.25) is 9.59 Å². The third-order valence-corrected chi connectivity index (χ3v) is 8.29. The Morgan fingerprint density at radius 2 is 2.00 bits per heavy atom. The molecule has 0 N–H and O–H groups in total. The second kappa shape index (κ2) is 8.44. The Labute approximate surface area is 185 Å². The minimum absolute atomic E-state index is 0.129. The van der Waals surface area contributed by atoms with Crippen LogP contribution in [0.5, 0.6) is 0 Å². The Hall–Kier alpha value is -2.11. The fourth-order valence-electron chi connectivity index (χ4n) is 5.65. The normalized spacial score (nSPS) is 38.6. The zero-order valence-corrected chi connectivity index (χ0v) is 19.7. The molecule has 0 amide bonds. The van der Waals surface area contributed by atoms with Crippen molar-refractivity contribution in [3.05, 3.63) is 23.8 Å². The molecule has 2 saturated carbocycles. The van der Waals surface area contributed by atoms with Crippen molar-refractivity contribution < 1.29 is 28.6 Å². The average molecular weight is 433 g/mol. The number of allylic oxidation sites excluding steroid dienone is 1. The van der Waals surface area contributed by atoms with Gasteiger partial charge in [0.05, 0.1) is 5.92 Å². The predicted octanol–water partition coefficient (Wildman–Crippen LogP) is 4.38. The molecule has 0 aromatic carbocycles. The van der Waals surface area contributed by atoms with Gasteiger partial charge in [0.15, 0.2) is 0 Å². The highest BCUT2D eigenvalue weighted by Crippen LogP contribution is 2.66. The van der Waals surface area contributed by atoms with Gasteiger partial charge in [-0.25, -0.2) is 4.79 Å². The summed E-state index contributed by atoms with van der Waals surface area (Å²) in [6, 6.07) is 0. The predicted molar refractivity (Wildman–Crippen MR) is 116 cm³/mol. The Morgan fingerprint density at radius 3 is 2.55 bits per heavy atom. The van der Waals surface area contributed by atoms with E-state index >= 15 is 0 Å². The van der Waals surface area contributed by atoms with E-state index in [1.807, 2.05) is 13.8 Å². The summed E-state index contributed by atoms with van der Waals surface area (Å²) < 4.78 is 17.5. The molecule has 0 aromatic rings. The lowest BCUT2D eigenvalue weighted by molar-refractivity contribution is -0.176. The van der Waals surface area contributed by atoms with Crippen molar-refractivity contribution in [3.8, 4) is 0 Å². The number of carbonyl (C=O) groups excluding carboxylic acids is 3. The quantitative estimate of drug-likeness (QED) is 0.278. The highest BCUT2D eigenvalue weighted by atomic mass is 16.6. The fourth-order valence-corrected chi connectivity index (χ4v) is 5.65. The van der Waals surface area contributed by atoms with Crippen LogP contribution in [0.3, 0.4) is 0 Å². The van der Waals surface area contributed by atoms with Crippen molar-refractivity contribution >= 4 is 17.9 Å². The molecule has 3 aliphatic rings. The van der Waals surface area contributed by atoms with Crippen molar-refractivity contribution in [1.29, 1.82) is 0 Å². The maximum Gasteiger partial charge on any atom is 0.333 e. The topological polar surface area (TPSA) is 78.9 Å². The number of fused-ring (bicyclic) bond motifs is 1. The largest absolute Gasteiger partial charge is 0.462 e. The van der Waals surface area contributed by atoms with Crippen molar-refractivity contribution in [3.63, 3.8) is 0 Å². The molecule has 0 aromatic heterocycles. The summed E-state index contributed by atoms with van der Waals surface area (Å²) in [5.74, 6) is -1.34. The van der Waals surface area contributed by atoms with E-state index in [9.17, 15) is 14.4 Å². The van der Waals surface area contributed by atoms with Crippen LogP contribution in [0.15, 0.2) is 23.8 Å². The molecule has 3 fully saturated rings. The Balaban J connectivity index is 2.08. The number of esters is 3.